The molecule has 31 heavy (non-hydrogen) atoms. The third-order valence-electron chi connectivity index (χ3n) is 6.71. The first-order chi connectivity index (χ1) is 15.0. The van der Waals surface area contributed by atoms with Crippen molar-refractivity contribution < 1.29 is 14.5 Å². The SMILES string of the molecule is O=C(c1ccc(N2CCN(C(=O)C3CCCCC3)CC2)c([N+](=O)[O-])c1)N1CCNCC1. The second-order valence-electron chi connectivity index (χ2n) is 8.65. The van der Waals surface area contributed by atoms with E-state index in [1.54, 1.807) is 17.0 Å². The van der Waals surface area contributed by atoms with Crippen LogP contribution < -0.4 is 10.2 Å². The predicted octanol–water partition coefficient (Wildman–Crippen LogP) is 1.87. The molecule has 1 aromatic carbocycles. The second-order valence-corrected chi connectivity index (χ2v) is 8.65. The Kier molecular flexibility index (Phi) is 6.70. The molecule has 1 N–H and O–H groups in total. The van der Waals surface area contributed by atoms with Crippen molar-refractivity contribution in [2.24, 2.45) is 5.92 Å². The van der Waals surface area contributed by atoms with Gasteiger partial charge in [0.1, 0.15) is 5.69 Å². The minimum Gasteiger partial charge on any atom is -0.362 e. The molecular weight excluding hydrogens is 398 g/mol. The summed E-state index contributed by atoms with van der Waals surface area (Å²) in [5.41, 5.74) is 0.822. The molecule has 0 spiro atoms. The standard InChI is InChI=1S/C22H31N5O4/c28-21(17-4-2-1-3-5-17)26-14-12-24(13-15-26)19-7-6-18(16-20(19)27(30)31)22(29)25-10-8-23-9-11-25/h6-7,16-17,23H,1-5,8-15H2. The van der Waals surface area contributed by atoms with Gasteiger partial charge in [-0.15, -0.1) is 0 Å². The van der Waals surface area contributed by atoms with Crippen molar-refractivity contribution >= 4 is 23.2 Å². The summed E-state index contributed by atoms with van der Waals surface area (Å²) < 4.78 is 0. The molecule has 2 amide bonds. The lowest BCUT2D eigenvalue weighted by Gasteiger charge is -2.38. The number of nitro groups is 1. The molecule has 168 valence electrons. The van der Waals surface area contributed by atoms with Gasteiger partial charge in [-0.05, 0) is 25.0 Å². The molecule has 3 aliphatic rings. The predicted molar refractivity (Wildman–Crippen MR) is 117 cm³/mol. The molecule has 0 bridgehead atoms. The van der Waals surface area contributed by atoms with Crippen LogP contribution in [0.25, 0.3) is 0 Å². The van der Waals surface area contributed by atoms with E-state index in [2.05, 4.69) is 5.32 Å². The number of amides is 2. The molecule has 1 aliphatic carbocycles. The Labute approximate surface area is 182 Å². The lowest BCUT2D eigenvalue weighted by molar-refractivity contribution is -0.384. The molecule has 1 aromatic rings. The monoisotopic (exact) mass is 429 g/mol. The van der Waals surface area contributed by atoms with Crippen LogP contribution in [0.5, 0.6) is 0 Å². The highest BCUT2D eigenvalue weighted by Crippen LogP contribution is 2.31. The minimum absolute atomic E-state index is 0.0481. The Balaban J connectivity index is 1.43. The molecule has 0 atom stereocenters. The van der Waals surface area contributed by atoms with Crippen LogP contribution in [-0.2, 0) is 4.79 Å². The largest absolute Gasteiger partial charge is 0.362 e. The first-order valence-corrected chi connectivity index (χ1v) is 11.4. The van der Waals surface area contributed by atoms with Crippen LogP contribution in [0.15, 0.2) is 18.2 Å². The molecule has 0 unspecified atom stereocenters. The Hall–Kier alpha value is -2.68. The number of nitrogens with one attached hydrogen (secondary N) is 1. The number of nitro benzene ring substituents is 1. The number of benzene rings is 1. The van der Waals surface area contributed by atoms with Crippen LogP contribution in [0.1, 0.15) is 42.5 Å². The summed E-state index contributed by atoms with van der Waals surface area (Å²) in [5.74, 6) is 0.217. The normalized spacial score (nSPS) is 20.6. The fourth-order valence-corrected chi connectivity index (χ4v) is 4.90. The Morgan fingerprint density at radius 3 is 2.26 bits per heavy atom. The maximum Gasteiger partial charge on any atom is 0.293 e. The average Bonchev–Trinajstić information content (AvgIpc) is 2.84. The number of carbonyl (C=O) groups is 2. The molecule has 2 aliphatic heterocycles. The summed E-state index contributed by atoms with van der Waals surface area (Å²) in [4.78, 5) is 42.5. The molecule has 2 heterocycles. The van der Waals surface area contributed by atoms with Crippen molar-refractivity contribution in [1.29, 1.82) is 0 Å². The molecule has 0 radical (unpaired) electrons. The number of carbonyl (C=O) groups excluding carboxylic acids is 2. The van der Waals surface area contributed by atoms with E-state index in [1.165, 1.54) is 12.5 Å². The van der Waals surface area contributed by atoms with Gasteiger partial charge in [-0.3, -0.25) is 19.7 Å². The van der Waals surface area contributed by atoms with E-state index in [-0.39, 0.29) is 23.4 Å². The van der Waals surface area contributed by atoms with Crippen LogP contribution in [0.3, 0.4) is 0 Å². The number of anilines is 1. The highest BCUT2D eigenvalue weighted by atomic mass is 16.6. The third kappa shape index (κ3) is 4.81. The van der Waals surface area contributed by atoms with E-state index in [4.69, 9.17) is 0 Å². The maximum atomic E-state index is 12.8. The fraction of sp³-hybridized carbons (Fsp3) is 0.636. The van der Waals surface area contributed by atoms with Gasteiger partial charge in [-0.25, -0.2) is 0 Å². The molecule has 4 rings (SSSR count). The van der Waals surface area contributed by atoms with E-state index in [9.17, 15) is 19.7 Å². The lowest BCUT2D eigenvalue weighted by atomic mass is 9.88. The van der Waals surface area contributed by atoms with Crippen LogP contribution >= 0.6 is 0 Å². The van der Waals surface area contributed by atoms with Crippen LogP contribution in [0.4, 0.5) is 11.4 Å². The van der Waals surface area contributed by atoms with Crippen molar-refractivity contribution in [2.75, 3.05) is 57.3 Å². The number of rotatable bonds is 4. The quantitative estimate of drug-likeness (QED) is 0.580. The van der Waals surface area contributed by atoms with E-state index in [0.29, 0.717) is 50.5 Å². The van der Waals surface area contributed by atoms with Gasteiger partial charge in [-0.1, -0.05) is 19.3 Å². The van der Waals surface area contributed by atoms with E-state index in [1.807, 2.05) is 9.80 Å². The van der Waals surface area contributed by atoms with Crippen molar-refractivity contribution in [1.82, 2.24) is 15.1 Å². The summed E-state index contributed by atoms with van der Waals surface area (Å²) in [6, 6.07) is 4.78. The minimum atomic E-state index is -0.413. The van der Waals surface area contributed by atoms with E-state index in [0.717, 1.165) is 38.8 Å². The second kappa shape index (κ2) is 9.64. The molecule has 9 heteroatoms. The summed E-state index contributed by atoms with van der Waals surface area (Å²) in [5, 5.41) is 15.0. The number of nitrogens with zero attached hydrogens (tertiary/aromatic N) is 4. The summed E-state index contributed by atoms with van der Waals surface area (Å²) in [7, 11) is 0. The first kappa shape index (κ1) is 21.5. The lowest BCUT2D eigenvalue weighted by Crippen LogP contribution is -2.50. The Bertz CT molecular complexity index is 825. The topological polar surface area (TPSA) is 99.0 Å². The number of hydrogen-bond donors (Lipinski definition) is 1. The van der Waals surface area contributed by atoms with Crippen molar-refractivity contribution in [3.63, 3.8) is 0 Å². The highest BCUT2D eigenvalue weighted by Gasteiger charge is 2.31. The first-order valence-electron chi connectivity index (χ1n) is 11.4. The van der Waals surface area contributed by atoms with Crippen LogP contribution in [-0.4, -0.2) is 78.9 Å². The summed E-state index contributed by atoms with van der Waals surface area (Å²) in [6.07, 6.45) is 5.43. The van der Waals surface area contributed by atoms with E-state index < -0.39 is 4.92 Å². The fourth-order valence-electron chi connectivity index (χ4n) is 4.90. The van der Waals surface area contributed by atoms with Gasteiger partial charge in [0.05, 0.1) is 4.92 Å². The molecule has 2 saturated heterocycles. The van der Waals surface area contributed by atoms with Crippen molar-refractivity contribution in [3.8, 4) is 0 Å². The van der Waals surface area contributed by atoms with Crippen molar-refractivity contribution in [3.05, 3.63) is 33.9 Å². The summed E-state index contributed by atoms with van der Waals surface area (Å²) >= 11 is 0. The highest BCUT2D eigenvalue weighted by molar-refractivity contribution is 5.96. The van der Waals surface area contributed by atoms with Gasteiger partial charge in [0, 0.05) is 69.9 Å². The Morgan fingerprint density at radius 1 is 0.935 bits per heavy atom. The zero-order valence-corrected chi connectivity index (χ0v) is 17.9. The zero-order chi connectivity index (χ0) is 21.8. The Morgan fingerprint density at radius 2 is 1.61 bits per heavy atom. The van der Waals surface area contributed by atoms with Gasteiger partial charge >= 0.3 is 0 Å². The number of piperazine rings is 2. The molecule has 0 aromatic heterocycles. The van der Waals surface area contributed by atoms with Gasteiger partial charge < -0.3 is 20.0 Å². The summed E-state index contributed by atoms with van der Waals surface area (Å²) in [6.45, 7) is 4.94. The van der Waals surface area contributed by atoms with Gasteiger partial charge in [0.15, 0.2) is 0 Å². The van der Waals surface area contributed by atoms with Crippen LogP contribution in [0.2, 0.25) is 0 Å². The molecular formula is C22H31N5O4. The van der Waals surface area contributed by atoms with E-state index >= 15 is 0 Å². The molecule has 9 nitrogen and oxygen atoms in total. The number of hydrogen-bond acceptors (Lipinski definition) is 6. The molecule has 1 saturated carbocycles. The maximum absolute atomic E-state index is 12.8. The third-order valence-corrected chi connectivity index (χ3v) is 6.71. The smallest absolute Gasteiger partial charge is 0.293 e. The van der Waals surface area contributed by atoms with Gasteiger partial charge in [0.2, 0.25) is 5.91 Å². The van der Waals surface area contributed by atoms with Crippen molar-refractivity contribution in [2.45, 2.75) is 32.1 Å². The van der Waals surface area contributed by atoms with Gasteiger partial charge in [-0.2, -0.15) is 0 Å². The molecule has 3 fully saturated rings. The zero-order valence-electron chi connectivity index (χ0n) is 17.9. The van der Waals surface area contributed by atoms with Gasteiger partial charge in [0.25, 0.3) is 11.6 Å². The average molecular weight is 430 g/mol. The van der Waals surface area contributed by atoms with Crippen LogP contribution in [0, 0.1) is 16.0 Å².